The zero-order valence-electron chi connectivity index (χ0n) is 42.8. The van der Waals surface area contributed by atoms with Crippen molar-refractivity contribution < 1.29 is 47.7 Å². The van der Waals surface area contributed by atoms with E-state index in [1.165, 1.54) is 48.5 Å². The van der Waals surface area contributed by atoms with Gasteiger partial charge in [0.15, 0.2) is 0 Å². The summed E-state index contributed by atoms with van der Waals surface area (Å²) in [6.45, 7) is 19.3. The van der Waals surface area contributed by atoms with Crippen LogP contribution in [0.15, 0.2) is 48.5 Å². The van der Waals surface area contributed by atoms with Crippen molar-refractivity contribution in [3.05, 3.63) is 79.9 Å². The summed E-state index contributed by atoms with van der Waals surface area (Å²) in [5.41, 5.74) is 0.573. The van der Waals surface area contributed by atoms with Crippen LogP contribution in [-0.4, -0.2) is 248 Å². The van der Waals surface area contributed by atoms with E-state index < -0.39 is 51.1 Å². The van der Waals surface area contributed by atoms with Crippen LogP contribution in [0.3, 0.4) is 0 Å². The first-order chi connectivity index (χ1) is 35.2. The summed E-state index contributed by atoms with van der Waals surface area (Å²) >= 11 is 0. The van der Waals surface area contributed by atoms with E-state index in [9.17, 15) is 58.1 Å². The van der Waals surface area contributed by atoms with Crippen molar-refractivity contribution in [2.45, 2.75) is 38.0 Å². The Bertz CT molecular complexity index is 2130. The van der Waals surface area contributed by atoms with Crippen molar-refractivity contribution in [1.82, 2.24) is 39.2 Å². The first-order valence-electron chi connectivity index (χ1n) is 25.9. The molecule has 0 amide bonds. The second-order valence-electron chi connectivity index (χ2n) is 20.5. The molecule has 74 heavy (non-hydrogen) atoms. The van der Waals surface area contributed by atoms with Gasteiger partial charge in [-0.1, -0.05) is 45.9 Å². The van der Waals surface area contributed by atoms with Gasteiger partial charge >= 0.3 is 0 Å². The molecule has 4 aliphatic rings. The Hall–Kier alpha value is -1.62. The van der Waals surface area contributed by atoms with Crippen LogP contribution in [0.2, 0.25) is 0 Å². The SMILES string of the molecule is O=[N+]([O-])c1ccc(CP(=O)(O)CP(=O)(O)CN2CCCN3CCN(CCSSCCN4CCCN5CCN(CCCN(CP(=O)(O)CP(=O)(O)Cc6ccc([N+](=O)[O-])cc6)CC5)CC4)CCCN(CC3)CC2)cc1. The highest BCUT2D eigenvalue weighted by atomic mass is 33.1. The molecule has 8 unspecified atom stereocenters. The molecular weight excluding hydrogens is 1070 g/mol. The quantitative estimate of drug-likeness (QED) is 0.0394. The maximum Gasteiger partial charge on any atom is 0.269 e. The molecule has 2 aromatic carbocycles. The molecule has 418 valence electrons. The molecule has 4 N–H and O–H groups in total. The van der Waals surface area contributed by atoms with E-state index in [0.717, 1.165) is 155 Å². The van der Waals surface area contributed by atoms with Gasteiger partial charge in [0.05, 0.1) is 34.7 Å². The van der Waals surface area contributed by atoms with Crippen molar-refractivity contribution in [3.63, 3.8) is 0 Å². The highest BCUT2D eigenvalue weighted by molar-refractivity contribution is 8.76. The minimum absolute atomic E-state index is 0.126. The Balaban J connectivity index is 0.872. The number of hydrogen-bond acceptors (Lipinski definition) is 18. The van der Waals surface area contributed by atoms with Crippen molar-refractivity contribution >= 4 is 62.4 Å². The molecule has 4 aliphatic heterocycles. The Morgan fingerprint density at radius 2 is 0.689 bits per heavy atom. The van der Waals surface area contributed by atoms with Gasteiger partial charge in [0.25, 0.3) is 11.4 Å². The number of fused-ring (bicyclic) bond motifs is 6. The zero-order chi connectivity index (χ0) is 53.2. The number of nitro groups is 2. The molecule has 4 saturated heterocycles. The van der Waals surface area contributed by atoms with Gasteiger partial charge in [0.1, 0.15) is 11.8 Å². The molecule has 28 heteroatoms. The Kier molecular flexibility index (Phi) is 25.1. The lowest BCUT2D eigenvalue weighted by atomic mass is 10.2. The maximum atomic E-state index is 13.5. The smallest absolute Gasteiger partial charge is 0.269 e. The largest absolute Gasteiger partial charge is 0.344 e. The van der Waals surface area contributed by atoms with Crippen LogP contribution in [0.4, 0.5) is 11.4 Å². The third kappa shape index (κ3) is 23.0. The van der Waals surface area contributed by atoms with Crippen molar-refractivity contribution in [3.8, 4) is 0 Å². The van der Waals surface area contributed by atoms with E-state index in [1.807, 2.05) is 31.4 Å². The summed E-state index contributed by atoms with van der Waals surface area (Å²) < 4.78 is 53.2. The van der Waals surface area contributed by atoms with Gasteiger partial charge < -0.3 is 49.0 Å². The van der Waals surface area contributed by atoms with Gasteiger partial charge in [-0.05, 0) is 89.2 Å². The lowest BCUT2D eigenvalue weighted by Gasteiger charge is -2.36. The molecule has 0 radical (unpaired) electrons. The zero-order valence-corrected chi connectivity index (χ0v) is 48.0. The first kappa shape index (κ1) is 61.6. The maximum absolute atomic E-state index is 13.5. The fraction of sp³-hybridized carbons (Fsp3) is 0.739. The van der Waals surface area contributed by atoms with Crippen LogP contribution in [0.5, 0.6) is 0 Å². The van der Waals surface area contributed by atoms with Crippen LogP contribution in [0.25, 0.3) is 0 Å². The summed E-state index contributed by atoms with van der Waals surface area (Å²) in [6.07, 6.45) is 2.79. The Morgan fingerprint density at radius 3 is 1.00 bits per heavy atom. The second kappa shape index (κ2) is 30.1. The van der Waals surface area contributed by atoms with Crippen molar-refractivity contribution in [2.75, 3.05) is 180 Å². The van der Waals surface area contributed by atoms with Crippen molar-refractivity contribution in [1.29, 1.82) is 0 Å². The highest BCUT2D eigenvalue weighted by Crippen LogP contribution is 2.60. The molecule has 2 aromatic rings. The number of non-ortho nitro benzene ring substituents is 2. The van der Waals surface area contributed by atoms with E-state index in [0.29, 0.717) is 37.3 Å². The molecule has 22 nitrogen and oxygen atoms in total. The van der Waals surface area contributed by atoms with Gasteiger partial charge in [0.2, 0.25) is 29.5 Å². The summed E-state index contributed by atoms with van der Waals surface area (Å²) in [4.78, 5) is 83.4. The summed E-state index contributed by atoms with van der Waals surface area (Å²) in [7, 11) is -12.2. The molecular formula is C46H80N10O12P4S2. The predicted octanol–water partition coefficient (Wildman–Crippen LogP) is 5.53. The summed E-state index contributed by atoms with van der Waals surface area (Å²) in [5.74, 6) is 0.707. The number of nitrogens with zero attached hydrogens (tertiary/aromatic N) is 10. The van der Waals surface area contributed by atoms with Crippen LogP contribution in [0.1, 0.15) is 36.8 Å². The first-order valence-corrected chi connectivity index (χ1v) is 36.5. The van der Waals surface area contributed by atoms with Gasteiger partial charge in [-0.3, -0.25) is 48.3 Å². The monoisotopic (exact) mass is 1150 g/mol. The fourth-order valence-corrected chi connectivity index (χ4v) is 22.7. The molecule has 4 heterocycles. The summed E-state index contributed by atoms with van der Waals surface area (Å²) in [5, 5.41) is 22.0. The number of benzene rings is 2. The van der Waals surface area contributed by atoms with Crippen LogP contribution >= 0.6 is 51.1 Å². The predicted molar refractivity (Wildman–Crippen MR) is 298 cm³/mol. The van der Waals surface area contributed by atoms with Gasteiger partial charge in [0, 0.05) is 127 Å². The Morgan fingerprint density at radius 1 is 0.405 bits per heavy atom. The van der Waals surface area contributed by atoms with E-state index in [4.69, 9.17) is 0 Å². The van der Waals surface area contributed by atoms with Gasteiger partial charge in [-0.15, -0.1) is 0 Å². The molecule has 0 aromatic heterocycles. The van der Waals surface area contributed by atoms with Gasteiger partial charge in [-0.25, -0.2) is 0 Å². The van der Waals surface area contributed by atoms with Crippen LogP contribution < -0.4 is 0 Å². The third-order valence-corrected chi connectivity index (χ3v) is 27.0. The minimum atomic E-state index is -4.03. The number of nitro benzene ring substituents is 2. The number of hydrogen-bond donors (Lipinski definition) is 4. The van der Waals surface area contributed by atoms with Crippen molar-refractivity contribution in [2.24, 2.45) is 0 Å². The molecule has 8 atom stereocenters. The molecule has 6 rings (SSSR count). The van der Waals surface area contributed by atoms with E-state index in [2.05, 4.69) is 29.4 Å². The highest BCUT2D eigenvalue weighted by Gasteiger charge is 2.35. The average molecular weight is 1150 g/mol. The molecule has 4 fully saturated rings. The van der Waals surface area contributed by atoms with E-state index >= 15 is 0 Å². The minimum Gasteiger partial charge on any atom is -0.344 e. The van der Waals surface area contributed by atoms with E-state index in [-0.39, 0.29) is 36.3 Å². The Labute approximate surface area is 445 Å². The molecule has 0 aliphatic carbocycles. The normalized spacial score (nSPS) is 26.4. The average Bonchev–Trinajstić information content (AvgIpc) is 3.32. The van der Waals surface area contributed by atoms with Crippen LogP contribution in [-0.2, 0) is 30.6 Å². The standard InChI is InChI=1S/C46H80N10O12P4S2/c57-55(58)45-9-5-43(6-10-45)37-69(61,62)41-71(65,66)39-53-19-3-15-47-21-23-49(29-31-53)13-1-17-51(27-25-47)33-35-73-74-36-34-52-18-2-14-50-24-22-48(26-28-52)16-4-20-54(32-30-50)40-72(67,68)42-70(63,64)38-44-7-11-46(12-8-44)56(59)60/h5-12H,1-4,13-42H2,(H,61,62)(H,63,64)(H,65,66)(H,67,68). The number of rotatable bonds is 21. The second-order valence-corrected chi connectivity index (χ2v) is 33.4. The van der Waals surface area contributed by atoms with E-state index in [1.54, 1.807) is 0 Å². The third-order valence-electron chi connectivity index (χ3n) is 14.1. The molecule has 4 bridgehead atoms. The molecule has 0 spiro atoms. The van der Waals surface area contributed by atoms with Gasteiger partial charge in [-0.2, -0.15) is 0 Å². The van der Waals surface area contributed by atoms with Crippen LogP contribution in [0, 0.1) is 20.2 Å². The lowest BCUT2D eigenvalue weighted by molar-refractivity contribution is -0.385. The topological polar surface area (TPSA) is 261 Å². The molecule has 0 saturated carbocycles. The fourth-order valence-electron chi connectivity index (χ4n) is 10.3. The summed E-state index contributed by atoms with van der Waals surface area (Å²) in [6, 6.07) is 10.7. The lowest BCUT2D eigenvalue weighted by Crippen LogP contribution is -2.47.